The van der Waals surface area contributed by atoms with E-state index in [0.29, 0.717) is 0 Å². The van der Waals surface area contributed by atoms with Gasteiger partial charge >= 0.3 is 0 Å². The van der Waals surface area contributed by atoms with Crippen molar-refractivity contribution in [3.8, 4) is 0 Å². The highest BCUT2D eigenvalue weighted by atomic mass is 19.1. The molecule has 1 atom stereocenters. The van der Waals surface area contributed by atoms with Gasteiger partial charge in [-0.2, -0.15) is 0 Å². The average Bonchev–Trinajstić information content (AvgIpc) is 2.79. The largest absolute Gasteiger partial charge is 0.371 e. The molecule has 2 nitrogen and oxygen atoms in total. The molecule has 0 amide bonds. The summed E-state index contributed by atoms with van der Waals surface area (Å²) in [5.74, 6) is 1.34. The Hall–Kier alpha value is -1.09. The molecule has 1 aromatic rings. The first-order chi connectivity index (χ1) is 8.61. The van der Waals surface area contributed by atoms with Crippen LogP contribution in [0.3, 0.4) is 0 Å². The summed E-state index contributed by atoms with van der Waals surface area (Å²) in [6.45, 7) is 7.47. The number of nitrogens with zero attached hydrogens (tertiary/aromatic N) is 1. The minimum Gasteiger partial charge on any atom is -0.371 e. The van der Waals surface area contributed by atoms with Gasteiger partial charge in [0, 0.05) is 25.3 Å². The third-order valence-electron chi connectivity index (χ3n) is 3.92. The van der Waals surface area contributed by atoms with Crippen LogP contribution in [0, 0.1) is 17.7 Å². The van der Waals surface area contributed by atoms with Gasteiger partial charge in [-0.05, 0) is 49.1 Å². The highest BCUT2D eigenvalue weighted by molar-refractivity contribution is 5.54. The molecule has 0 bridgehead atoms. The maximum Gasteiger partial charge on any atom is 0.123 e. The second-order valence-corrected chi connectivity index (χ2v) is 5.54. The van der Waals surface area contributed by atoms with Crippen molar-refractivity contribution in [2.45, 2.75) is 26.8 Å². The van der Waals surface area contributed by atoms with Gasteiger partial charge in [-0.15, -0.1) is 0 Å². The van der Waals surface area contributed by atoms with Crippen LogP contribution in [-0.4, -0.2) is 20.1 Å². The molecule has 0 aliphatic carbocycles. The van der Waals surface area contributed by atoms with Crippen molar-refractivity contribution in [1.82, 2.24) is 5.32 Å². The Morgan fingerprint density at radius 3 is 2.83 bits per heavy atom. The topological polar surface area (TPSA) is 15.3 Å². The number of benzene rings is 1. The lowest BCUT2D eigenvalue weighted by Gasteiger charge is -2.23. The van der Waals surface area contributed by atoms with Crippen LogP contribution in [0.25, 0.3) is 0 Å². The van der Waals surface area contributed by atoms with Crippen molar-refractivity contribution in [3.63, 3.8) is 0 Å². The molecule has 1 fully saturated rings. The first-order valence-corrected chi connectivity index (χ1v) is 6.79. The summed E-state index contributed by atoms with van der Waals surface area (Å²) in [6.07, 6.45) is 1.24. The van der Waals surface area contributed by atoms with Crippen molar-refractivity contribution >= 4 is 5.69 Å². The van der Waals surface area contributed by atoms with Crippen molar-refractivity contribution in [3.05, 3.63) is 29.6 Å². The van der Waals surface area contributed by atoms with E-state index in [4.69, 9.17) is 0 Å². The number of anilines is 1. The third-order valence-corrected chi connectivity index (χ3v) is 3.92. The fourth-order valence-corrected chi connectivity index (χ4v) is 2.74. The molecular formula is C15H23FN2. The fraction of sp³-hybridized carbons (Fsp3) is 0.600. The molecule has 0 radical (unpaired) electrons. The van der Waals surface area contributed by atoms with E-state index in [1.165, 1.54) is 12.1 Å². The molecule has 1 aromatic carbocycles. The molecule has 2 rings (SSSR count). The van der Waals surface area contributed by atoms with E-state index >= 15 is 0 Å². The van der Waals surface area contributed by atoms with Crippen LogP contribution >= 0.6 is 0 Å². The zero-order valence-corrected chi connectivity index (χ0v) is 11.5. The molecule has 18 heavy (non-hydrogen) atoms. The maximum atomic E-state index is 13.3. The molecule has 0 spiro atoms. The summed E-state index contributed by atoms with van der Waals surface area (Å²) < 4.78 is 13.3. The number of nitrogens with one attached hydrogen (secondary N) is 1. The normalized spacial score (nSPS) is 19.8. The second-order valence-electron chi connectivity index (χ2n) is 5.54. The molecule has 1 aliphatic rings. The Kier molecular flexibility index (Phi) is 4.23. The highest BCUT2D eigenvalue weighted by Gasteiger charge is 2.26. The highest BCUT2D eigenvalue weighted by Crippen LogP contribution is 2.30. The number of rotatable bonds is 4. The molecule has 1 aliphatic heterocycles. The minimum atomic E-state index is -0.149. The van der Waals surface area contributed by atoms with Crippen LogP contribution < -0.4 is 10.2 Å². The molecule has 1 N–H and O–H groups in total. The number of halogens is 1. The summed E-state index contributed by atoms with van der Waals surface area (Å²) in [4.78, 5) is 2.40. The van der Waals surface area contributed by atoms with Gasteiger partial charge in [0.25, 0.3) is 0 Å². The van der Waals surface area contributed by atoms with Gasteiger partial charge in [0.2, 0.25) is 0 Å². The molecule has 0 aromatic heterocycles. The monoisotopic (exact) mass is 250 g/mol. The minimum absolute atomic E-state index is 0.149. The van der Waals surface area contributed by atoms with Crippen molar-refractivity contribution < 1.29 is 4.39 Å². The standard InChI is InChI=1S/C15H23FN2/c1-11(2)12-6-7-18(10-12)15-5-4-14(16)8-13(15)9-17-3/h4-5,8,11-12,17H,6-7,9-10H2,1-3H3. The number of hydrogen-bond acceptors (Lipinski definition) is 2. The average molecular weight is 250 g/mol. The quantitative estimate of drug-likeness (QED) is 0.883. The van der Waals surface area contributed by atoms with Gasteiger partial charge in [0.1, 0.15) is 5.82 Å². The van der Waals surface area contributed by atoms with Crippen LogP contribution in [-0.2, 0) is 6.54 Å². The summed E-state index contributed by atoms with van der Waals surface area (Å²) >= 11 is 0. The Morgan fingerprint density at radius 1 is 1.44 bits per heavy atom. The Bertz CT molecular complexity index is 403. The molecule has 1 saturated heterocycles. The summed E-state index contributed by atoms with van der Waals surface area (Å²) in [5.41, 5.74) is 2.25. The maximum absolute atomic E-state index is 13.3. The van der Waals surface area contributed by atoms with Gasteiger partial charge in [0.15, 0.2) is 0 Å². The van der Waals surface area contributed by atoms with Gasteiger partial charge < -0.3 is 10.2 Å². The van der Waals surface area contributed by atoms with Crippen LogP contribution in [0.4, 0.5) is 10.1 Å². The third kappa shape index (κ3) is 2.83. The molecule has 0 saturated carbocycles. The summed E-state index contributed by atoms with van der Waals surface area (Å²) in [6, 6.07) is 5.14. The van der Waals surface area contributed by atoms with Crippen LogP contribution in [0.2, 0.25) is 0 Å². The van der Waals surface area contributed by atoms with Gasteiger partial charge in [-0.25, -0.2) is 4.39 Å². The second kappa shape index (κ2) is 5.70. The van der Waals surface area contributed by atoms with Crippen molar-refractivity contribution in [1.29, 1.82) is 0 Å². The van der Waals surface area contributed by atoms with E-state index in [1.807, 2.05) is 13.1 Å². The zero-order chi connectivity index (χ0) is 13.1. The van der Waals surface area contributed by atoms with E-state index in [9.17, 15) is 4.39 Å². The van der Waals surface area contributed by atoms with Crippen LogP contribution in [0.1, 0.15) is 25.8 Å². The van der Waals surface area contributed by atoms with Gasteiger partial charge in [0.05, 0.1) is 0 Å². The zero-order valence-electron chi connectivity index (χ0n) is 11.5. The summed E-state index contributed by atoms with van der Waals surface area (Å²) in [5, 5.41) is 3.12. The molecule has 1 unspecified atom stereocenters. The predicted molar refractivity (Wildman–Crippen MR) is 74.3 cm³/mol. The lowest BCUT2D eigenvalue weighted by Crippen LogP contribution is -2.23. The lowest BCUT2D eigenvalue weighted by atomic mass is 9.95. The lowest BCUT2D eigenvalue weighted by molar-refractivity contribution is 0.422. The fourth-order valence-electron chi connectivity index (χ4n) is 2.74. The van der Waals surface area contributed by atoms with E-state index in [-0.39, 0.29) is 5.82 Å². The molecule has 3 heteroatoms. The Morgan fingerprint density at radius 2 is 2.22 bits per heavy atom. The SMILES string of the molecule is CNCc1cc(F)ccc1N1CCC(C(C)C)C1. The first kappa shape index (κ1) is 13.3. The van der Waals surface area contributed by atoms with Crippen LogP contribution in [0.5, 0.6) is 0 Å². The summed E-state index contributed by atoms with van der Waals surface area (Å²) in [7, 11) is 1.90. The van der Waals surface area contributed by atoms with E-state index in [1.54, 1.807) is 12.1 Å². The van der Waals surface area contributed by atoms with E-state index < -0.39 is 0 Å². The molecular weight excluding hydrogens is 227 g/mol. The van der Waals surface area contributed by atoms with Crippen molar-refractivity contribution in [2.75, 3.05) is 25.0 Å². The number of hydrogen-bond donors (Lipinski definition) is 1. The van der Waals surface area contributed by atoms with E-state index in [2.05, 4.69) is 24.1 Å². The van der Waals surface area contributed by atoms with E-state index in [0.717, 1.165) is 37.0 Å². The van der Waals surface area contributed by atoms with Gasteiger partial charge in [-0.3, -0.25) is 0 Å². The first-order valence-electron chi connectivity index (χ1n) is 6.79. The van der Waals surface area contributed by atoms with Crippen LogP contribution in [0.15, 0.2) is 18.2 Å². The Labute approximate surface area is 109 Å². The van der Waals surface area contributed by atoms with Gasteiger partial charge in [-0.1, -0.05) is 13.8 Å². The smallest absolute Gasteiger partial charge is 0.123 e. The van der Waals surface area contributed by atoms with Crippen molar-refractivity contribution in [2.24, 2.45) is 11.8 Å². The predicted octanol–water partition coefficient (Wildman–Crippen LogP) is 3.03. The molecule has 1 heterocycles. The molecule has 100 valence electrons. The Balaban J connectivity index is 2.18.